The van der Waals surface area contributed by atoms with Crippen molar-refractivity contribution in [2.75, 3.05) is 18.4 Å². The summed E-state index contributed by atoms with van der Waals surface area (Å²) in [6.07, 6.45) is 3.17. The SMILES string of the molecule is CC(CNC(=O)OC(C)(C)C)CNc1ccn2nccc2n1. The predicted molar refractivity (Wildman–Crippen MR) is 84.9 cm³/mol. The molecule has 120 valence electrons. The number of carbonyl (C=O) groups is 1. The van der Waals surface area contributed by atoms with Crippen molar-refractivity contribution in [3.8, 4) is 0 Å². The highest BCUT2D eigenvalue weighted by Crippen LogP contribution is 2.08. The van der Waals surface area contributed by atoms with E-state index in [2.05, 4.69) is 20.7 Å². The van der Waals surface area contributed by atoms with Crippen molar-refractivity contribution in [1.82, 2.24) is 19.9 Å². The lowest BCUT2D eigenvalue weighted by atomic mass is 10.2. The zero-order valence-corrected chi connectivity index (χ0v) is 13.5. The third-order valence-corrected chi connectivity index (χ3v) is 2.88. The topological polar surface area (TPSA) is 80.5 Å². The van der Waals surface area contributed by atoms with Gasteiger partial charge in [-0.15, -0.1) is 0 Å². The Hall–Kier alpha value is -2.31. The van der Waals surface area contributed by atoms with Crippen LogP contribution in [-0.4, -0.2) is 39.4 Å². The Bertz CT molecular complexity index is 632. The van der Waals surface area contributed by atoms with Gasteiger partial charge in [0.2, 0.25) is 0 Å². The van der Waals surface area contributed by atoms with Crippen LogP contribution in [0.5, 0.6) is 0 Å². The Morgan fingerprint density at radius 1 is 1.36 bits per heavy atom. The van der Waals surface area contributed by atoms with E-state index in [1.165, 1.54) is 0 Å². The van der Waals surface area contributed by atoms with Crippen LogP contribution in [0.2, 0.25) is 0 Å². The zero-order chi connectivity index (χ0) is 16.2. The van der Waals surface area contributed by atoms with Crippen molar-refractivity contribution in [3.63, 3.8) is 0 Å². The van der Waals surface area contributed by atoms with Gasteiger partial charge in [0.15, 0.2) is 5.65 Å². The third-order valence-electron chi connectivity index (χ3n) is 2.88. The van der Waals surface area contributed by atoms with Crippen LogP contribution >= 0.6 is 0 Å². The number of carbonyl (C=O) groups excluding carboxylic acids is 1. The van der Waals surface area contributed by atoms with E-state index in [1.54, 1.807) is 10.7 Å². The number of anilines is 1. The van der Waals surface area contributed by atoms with Gasteiger partial charge in [-0.05, 0) is 32.8 Å². The molecular weight excluding hydrogens is 282 g/mol. The predicted octanol–water partition coefficient (Wildman–Crippen LogP) is 2.30. The van der Waals surface area contributed by atoms with Gasteiger partial charge in [-0.3, -0.25) is 0 Å². The summed E-state index contributed by atoms with van der Waals surface area (Å²) >= 11 is 0. The molecule has 0 aliphatic heterocycles. The minimum absolute atomic E-state index is 0.246. The fourth-order valence-corrected chi connectivity index (χ4v) is 1.83. The van der Waals surface area contributed by atoms with E-state index >= 15 is 0 Å². The van der Waals surface area contributed by atoms with Crippen LogP contribution in [0.1, 0.15) is 27.7 Å². The quantitative estimate of drug-likeness (QED) is 0.886. The summed E-state index contributed by atoms with van der Waals surface area (Å²) in [4.78, 5) is 16.0. The molecule has 0 saturated carbocycles. The van der Waals surface area contributed by atoms with Crippen LogP contribution in [0.25, 0.3) is 5.65 Å². The third kappa shape index (κ3) is 4.91. The van der Waals surface area contributed by atoms with Crippen LogP contribution in [0.3, 0.4) is 0 Å². The minimum Gasteiger partial charge on any atom is -0.444 e. The van der Waals surface area contributed by atoms with Gasteiger partial charge in [0, 0.05) is 25.4 Å². The molecule has 0 aliphatic carbocycles. The molecule has 22 heavy (non-hydrogen) atoms. The van der Waals surface area contributed by atoms with Crippen LogP contribution in [0.15, 0.2) is 24.5 Å². The fraction of sp³-hybridized carbons (Fsp3) is 0.533. The molecule has 2 aromatic rings. The standard InChI is InChI=1S/C15H23N5O2/c1-11(10-17-14(21)22-15(2,3)4)9-16-12-6-8-20-13(19-12)5-7-18-20/h5-8,11H,9-10H2,1-4H3,(H,16,19)(H,17,21). The maximum atomic E-state index is 11.6. The van der Waals surface area contributed by atoms with E-state index in [4.69, 9.17) is 4.74 Å². The average Bonchev–Trinajstić information content (AvgIpc) is 2.88. The molecular formula is C15H23N5O2. The fourth-order valence-electron chi connectivity index (χ4n) is 1.83. The molecule has 0 aliphatic rings. The summed E-state index contributed by atoms with van der Waals surface area (Å²) in [6.45, 7) is 8.81. The van der Waals surface area contributed by atoms with E-state index < -0.39 is 11.7 Å². The molecule has 0 fully saturated rings. The largest absolute Gasteiger partial charge is 0.444 e. The first kappa shape index (κ1) is 16.1. The smallest absolute Gasteiger partial charge is 0.407 e. The first-order valence-corrected chi connectivity index (χ1v) is 7.34. The number of nitrogens with zero attached hydrogens (tertiary/aromatic N) is 3. The van der Waals surface area contributed by atoms with Crippen LogP contribution in [0, 0.1) is 5.92 Å². The molecule has 1 unspecified atom stereocenters. The van der Waals surface area contributed by atoms with Crippen molar-refractivity contribution >= 4 is 17.6 Å². The molecule has 0 saturated heterocycles. The monoisotopic (exact) mass is 305 g/mol. The second-order valence-corrected chi connectivity index (χ2v) is 6.32. The summed E-state index contributed by atoms with van der Waals surface area (Å²) in [7, 11) is 0. The van der Waals surface area contributed by atoms with Crippen molar-refractivity contribution in [1.29, 1.82) is 0 Å². The Morgan fingerprint density at radius 3 is 2.86 bits per heavy atom. The average molecular weight is 305 g/mol. The van der Waals surface area contributed by atoms with Gasteiger partial charge in [-0.1, -0.05) is 6.92 Å². The number of hydrogen-bond donors (Lipinski definition) is 2. The molecule has 2 rings (SSSR count). The first-order valence-electron chi connectivity index (χ1n) is 7.34. The van der Waals surface area contributed by atoms with Crippen molar-refractivity contribution in [3.05, 3.63) is 24.5 Å². The number of aromatic nitrogens is 3. The molecule has 2 aromatic heterocycles. The molecule has 7 heteroatoms. The second kappa shape index (κ2) is 6.64. The maximum Gasteiger partial charge on any atom is 0.407 e. The van der Waals surface area contributed by atoms with Gasteiger partial charge >= 0.3 is 6.09 Å². The first-order chi connectivity index (χ1) is 10.3. The summed E-state index contributed by atoms with van der Waals surface area (Å²) in [5, 5.41) is 10.1. The van der Waals surface area contributed by atoms with Gasteiger partial charge in [0.25, 0.3) is 0 Å². The van der Waals surface area contributed by atoms with Gasteiger partial charge in [0.1, 0.15) is 11.4 Å². The van der Waals surface area contributed by atoms with E-state index in [0.29, 0.717) is 13.1 Å². The van der Waals surface area contributed by atoms with Gasteiger partial charge in [-0.25, -0.2) is 14.3 Å². The molecule has 2 heterocycles. The lowest BCUT2D eigenvalue weighted by Crippen LogP contribution is -2.36. The van der Waals surface area contributed by atoms with Crippen molar-refractivity contribution in [2.45, 2.75) is 33.3 Å². The summed E-state index contributed by atoms with van der Waals surface area (Å²) in [6, 6.07) is 3.71. The highest BCUT2D eigenvalue weighted by atomic mass is 16.6. The number of ether oxygens (including phenoxy) is 1. The highest BCUT2D eigenvalue weighted by molar-refractivity contribution is 5.67. The molecule has 2 N–H and O–H groups in total. The second-order valence-electron chi connectivity index (χ2n) is 6.32. The molecule has 7 nitrogen and oxygen atoms in total. The van der Waals surface area contributed by atoms with E-state index in [0.717, 1.165) is 11.5 Å². The zero-order valence-electron chi connectivity index (χ0n) is 13.5. The lowest BCUT2D eigenvalue weighted by Gasteiger charge is -2.21. The highest BCUT2D eigenvalue weighted by Gasteiger charge is 2.16. The number of amides is 1. The maximum absolute atomic E-state index is 11.6. The summed E-state index contributed by atoms with van der Waals surface area (Å²) in [5.41, 5.74) is 0.320. The Kier molecular flexibility index (Phi) is 4.85. The van der Waals surface area contributed by atoms with Gasteiger partial charge in [-0.2, -0.15) is 5.10 Å². The number of alkyl carbamates (subject to hydrolysis) is 1. The summed E-state index contributed by atoms with van der Waals surface area (Å²) < 4.78 is 6.90. The lowest BCUT2D eigenvalue weighted by molar-refractivity contribution is 0.0521. The summed E-state index contributed by atoms with van der Waals surface area (Å²) in [5.74, 6) is 1.03. The van der Waals surface area contributed by atoms with E-state index in [-0.39, 0.29) is 5.92 Å². The molecule has 0 bridgehead atoms. The van der Waals surface area contributed by atoms with Crippen molar-refractivity contribution in [2.24, 2.45) is 5.92 Å². The van der Waals surface area contributed by atoms with E-state index in [1.807, 2.05) is 46.0 Å². The van der Waals surface area contributed by atoms with Gasteiger partial charge in [0.05, 0.1) is 6.20 Å². The Balaban J connectivity index is 1.75. The van der Waals surface area contributed by atoms with E-state index in [9.17, 15) is 4.79 Å². The molecule has 1 atom stereocenters. The molecule has 0 radical (unpaired) electrons. The Labute approximate surface area is 130 Å². The molecule has 0 aromatic carbocycles. The normalized spacial score (nSPS) is 12.9. The van der Waals surface area contributed by atoms with Crippen LogP contribution in [-0.2, 0) is 4.74 Å². The van der Waals surface area contributed by atoms with Crippen molar-refractivity contribution < 1.29 is 9.53 Å². The Morgan fingerprint density at radius 2 is 2.14 bits per heavy atom. The number of fused-ring (bicyclic) bond motifs is 1. The van der Waals surface area contributed by atoms with Gasteiger partial charge < -0.3 is 15.4 Å². The number of nitrogens with one attached hydrogen (secondary N) is 2. The molecule has 1 amide bonds. The number of rotatable bonds is 5. The minimum atomic E-state index is -0.476. The molecule has 0 spiro atoms. The van der Waals surface area contributed by atoms with Crippen LogP contribution < -0.4 is 10.6 Å². The number of hydrogen-bond acceptors (Lipinski definition) is 5. The van der Waals surface area contributed by atoms with Crippen LogP contribution in [0.4, 0.5) is 10.6 Å².